The molecule has 0 saturated heterocycles. The van der Waals surface area contributed by atoms with Crippen molar-refractivity contribution in [2.24, 2.45) is 11.8 Å². The van der Waals surface area contributed by atoms with Crippen molar-refractivity contribution >= 4 is 39.7 Å². The number of H-pyrrole nitrogens is 2. The number of carbonyl (C=O) groups excluding carboxylic acids is 3. The van der Waals surface area contributed by atoms with E-state index in [1.54, 1.807) is 4.90 Å². The molecule has 0 bridgehead atoms. The molecule has 0 radical (unpaired) electrons. The van der Waals surface area contributed by atoms with E-state index >= 15 is 0 Å². The number of carbonyl (C=O) groups is 3. The third-order valence-corrected chi connectivity index (χ3v) is 11.2. The topological polar surface area (TPSA) is 158 Å². The first-order chi connectivity index (χ1) is 29.2. The number of alkyl carbamates (subject to hydrolysis) is 1. The van der Waals surface area contributed by atoms with Crippen LogP contribution < -0.4 is 15.4 Å². The fourth-order valence-electron chi connectivity index (χ4n) is 7.82. The van der Waals surface area contributed by atoms with Crippen LogP contribution in [0.15, 0.2) is 79.0 Å². The van der Waals surface area contributed by atoms with Gasteiger partial charge in [0.1, 0.15) is 36.6 Å². The Morgan fingerprint density at radius 1 is 1.00 bits per heavy atom. The maximum absolute atomic E-state index is 14.1. The molecule has 8 rings (SSSR count). The maximum Gasteiger partial charge on any atom is 0.407 e. The summed E-state index contributed by atoms with van der Waals surface area (Å²) in [5.74, 6) is 4.96. The van der Waals surface area contributed by atoms with Crippen LogP contribution in [0.25, 0.3) is 44.2 Å². The van der Waals surface area contributed by atoms with E-state index in [2.05, 4.69) is 68.5 Å². The van der Waals surface area contributed by atoms with Crippen molar-refractivity contribution in [1.29, 1.82) is 0 Å². The van der Waals surface area contributed by atoms with E-state index in [1.807, 2.05) is 60.5 Å². The fourth-order valence-corrected chi connectivity index (χ4v) is 7.82. The van der Waals surface area contributed by atoms with Gasteiger partial charge < -0.3 is 39.9 Å². The van der Waals surface area contributed by atoms with E-state index in [9.17, 15) is 14.4 Å². The molecule has 3 heterocycles. The number of hydrogen-bond donors (Lipinski definition) is 4. The average molecular weight is 807 g/mol. The van der Waals surface area contributed by atoms with Gasteiger partial charge in [-0.05, 0) is 90.6 Å². The number of methoxy groups -OCH3 is 1. The SMILES string of the molecule is C#CC(C)CN(Cc1nc2c(ccc3cc4c(cc32)OCc2cc(-c3cnc(CN(CCC)C(=O)C(NCC5CC5)c5ccccc5)[nH]3)ccc2-4)[nH]1)C(=O)CNC(=O)OC. The predicted molar refractivity (Wildman–Crippen MR) is 230 cm³/mol. The van der Waals surface area contributed by atoms with Crippen molar-refractivity contribution in [1.82, 2.24) is 40.4 Å². The van der Waals surface area contributed by atoms with Crippen LogP contribution in [0.1, 0.15) is 61.9 Å². The summed E-state index contributed by atoms with van der Waals surface area (Å²) in [5, 5.41) is 7.93. The molecule has 308 valence electrons. The zero-order valence-corrected chi connectivity index (χ0v) is 34.2. The fraction of sp³-hybridized carbons (Fsp3) is 0.340. The number of rotatable bonds is 16. The third-order valence-electron chi connectivity index (χ3n) is 11.2. The highest BCUT2D eigenvalue weighted by Gasteiger charge is 2.30. The van der Waals surface area contributed by atoms with Gasteiger partial charge in [0.15, 0.2) is 0 Å². The van der Waals surface area contributed by atoms with E-state index in [-0.39, 0.29) is 30.8 Å². The van der Waals surface area contributed by atoms with Gasteiger partial charge in [-0.25, -0.2) is 14.8 Å². The lowest BCUT2D eigenvalue weighted by molar-refractivity contribution is -0.134. The molecular weight excluding hydrogens is 757 g/mol. The standard InChI is InChI=1S/C47H50N8O5/c1-5-18-54(46(57)44(49-22-30-12-13-30)31-10-8-7-9-11-31)26-41-48-23-39(52-41)33-14-16-35-34(19-33)28-60-40-21-36-32(20-37(35)40)15-17-38-45(36)53-42(51-38)27-55(25-29(3)6-2)43(56)24-50-47(58)59-4/h2,7-11,14-17,19-21,23,29-30,44,49H,5,12-13,18,22,24-28H2,1,3-4H3,(H,48,52)(H,50,58)(H,51,53). The first-order valence-corrected chi connectivity index (χ1v) is 20.6. The van der Waals surface area contributed by atoms with Gasteiger partial charge in [0.2, 0.25) is 11.8 Å². The summed E-state index contributed by atoms with van der Waals surface area (Å²) in [7, 11) is 1.25. The number of terminal acetylenes is 1. The Balaban J connectivity index is 0.999. The van der Waals surface area contributed by atoms with Crippen LogP contribution in [-0.2, 0) is 34.0 Å². The first-order valence-electron chi connectivity index (χ1n) is 20.6. The molecule has 3 amide bonds. The number of nitrogens with zero attached hydrogens (tertiary/aromatic N) is 4. The summed E-state index contributed by atoms with van der Waals surface area (Å²) < 4.78 is 11.0. The highest BCUT2D eigenvalue weighted by molar-refractivity contribution is 6.07. The summed E-state index contributed by atoms with van der Waals surface area (Å²) in [6.07, 6.45) is 10.1. The lowest BCUT2D eigenvalue weighted by atomic mass is 9.92. The Morgan fingerprint density at radius 2 is 1.82 bits per heavy atom. The van der Waals surface area contributed by atoms with Crippen molar-refractivity contribution in [2.75, 3.05) is 33.3 Å². The van der Waals surface area contributed by atoms with Crippen LogP contribution in [0.4, 0.5) is 4.79 Å². The largest absolute Gasteiger partial charge is 0.488 e. The quantitative estimate of drug-likeness (QED) is 0.0755. The molecule has 0 spiro atoms. The van der Waals surface area contributed by atoms with Gasteiger partial charge in [0, 0.05) is 30.0 Å². The maximum atomic E-state index is 14.1. The zero-order chi connectivity index (χ0) is 41.8. The van der Waals surface area contributed by atoms with Gasteiger partial charge in [0.25, 0.3) is 0 Å². The Kier molecular flexibility index (Phi) is 11.8. The smallest absolute Gasteiger partial charge is 0.407 e. The molecule has 1 aliphatic carbocycles. The van der Waals surface area contributed by atoms with E-state index in [4.69, 9.17) is 21.1 Å². The second-order valence-electron chi connectivity index (χ2n) is 15.8. The Labute approximate surface area is 349 Å². The molecule has 1 saturated carbocycles. The van der Waals surface area contributed by atoms with Crippen LogP contribution in [0.3, 0.4) is 0 Å². The molecular formula is C47H50N8O5. The molecule has 2 aliphatic rings. The van der Waals surface area contributed by atoms with E-state index in [0.717, 1.165) is 79.9 Å². The number of ether oxygens (including phenoxy) is 2. The van der Waals surface area contributed by atoms with Crippen LogP contribution in [-0.4, -0.2) is 80.9 Å². The monoisotopic (exact) mass is 806 g/mol. The molecule has 13 heteroatoms. The molecule has 1 aliphatic heterocycles. The molecule has 2 atom stereocenters. The lowest BCUT2D eigenvalue weighted by Gasteiger charge is -2.27. The highest BCUT2D eigenvalue weighted by Crippen LogP contribution is 2.42. The Morgan fingerprint density at radius 3 is 2.58 bits per heavy atom. The number of aromatic nitrogens is 4. The molecule has 2 aromatic heterocycles. The normalized spacial score (nSPS) is 14.0. The number of fused-ring (bicyclic) bond motifs is 6. The Hall–Kier alpha value is -6.65. The van der Waals surface area contributed by atoms with E-state index in [0.29, 0.717) is 38.0 Å². The number of amides is 3. The minimum absolute atomic E-state index is 0.0583. The lowest BCUT2D eigenvalue weighted by Crippen LogP contribution is -2.41. The summed E-state index contributed by atoms with van der Waals surface area (Å²) in [6.45, 7) is 6.45. The van der Waals surface area contributed by atoms with Crippen molar-refractivity contribution < 1.29 is 23.9 Å². The summed E-state index contributed by atoms with van der Waals surface area (Å²) in [4.78, 5) is 58.8. The number of aromatic amines is 2. The van der Waals surface area contributed by atoms with Crippen molar-refractivity contribution in [3.05, 3.63) is 102 Å². The molecule has 2 unspecified atom stereocenters. The second-order valence-corrected chi connectivity index (χ2v) is 15.8. The second kappa shape index (κ2) is 17.7. The number of imidazole rings is 2. The molecule has 13 nitrogen and oxygen atoms in total. The third kappa shape index (κ3) is 8.84. The number of benzene rings is 4. The molecule has 4 aromatic carbocycles. The van der Waals surface area contributed by atoms with Crippen molar-refractivity contribution in [3.63, 3.8) is 0 Å². The molecule has 4 N–H and O–H groups in total. The minimum Gasteiger partial charge on any atom is -0.488 e. The number of hydrogen-bond acceptors (Lipinski definition) is 8. The molecule has 6 aromatic rings. The molecule has 1 fully saturated rings. The summed E-state index contributed by atoms with van der Waals surface area (Å²) in [5.41, 5.74) is 7.56. The Bertz CT molecular complexity index is 2570. The van der Waals surface area contributed by atoms with Crippen LogP contribution in [0.5, 0.6) is 5.75 Å². The van der Waals surface area contributed by atoms with Gasteiger partial charge >= 0.3 is 6.09 Å². The van der Waals surface area contributed by atoms with Crippen LogP contribution >= 0.6 is 0 Å². The minimum atomic E-state index is -0.687. The molecule has 60 heavy (non-hydrogen) atoms. The van der Waals surface area contributed by atoms with Crippen molar-refractivity contribution in [3.8, 4) is 40.5 Å². The first kappa shape index (κ1) is 40.1. The summed E-state index contributed by atoms with van der Waals surface area (Å²) >= 11 is 0. The van der Waals surface area contributed by atoms with Crippen molar-refractivity contribution in [2.45, 2.75) is 58.8 Å². The highest BCUT2D eigenvalue weighted by atomic mass is 16.5. The van der Waals surface area contributed by atoms with Crippen LogP contribution in [0.2, 0.25) is 0 Å². The van der Waals surface area contributed by atoms with Gasteiger partial charge in [-0.2, -0.15) is 0 Å². The van der Waals surface area contributed by atoms with Gasteiger partial charge in [0.05, 0.1) is 43.1 Å². The zero-order valence-electron chi connectivity index (χ0n) is 34.2. The predicted octanol–water partition coefficient (Wildman–Crippen LogP) is 7.10. The van der Waals surface area contributed by atoms with E-state index < -0.39 is 12.1 Å². The van der Waals surface area contributed by atoms with Gasteiger partial charge in [-0.15, -0.1) is 12.3 Å². The average Bonchev–Trinajstić information content (AvgIpc) is 3.82. The van der Waals surface area contributed by atoms with Gasteiger partial charge in [-0.1, -0.05) is 55.5 Å². The van der Waals surface area contributed by atoms with Gasteiger partial charge in [-0.3, -0.25) is 9.59 Å². The summed E-state index contributed by atoms with van der Waals surface area (Å²) in [6, 6.07) is 24.2. The van der Waals surface area contributed by atoms with E-state index in [1.165, 1.54) is 20.0 Å². The van der Waals surface area contributed by atoms with Crippen LogP contribution in [0, 0.1) is 24.2 Å². The number of nitrogens with one attached hydrogen (secondary N) is 4.